The summed E-state index contributed by atoms with van der Waals surface area (Å²) in [6, 6.07) is 11.2. The average molecular weight is 298 g/mol. The van der Waals surface area contributed by atoms with Gasteiger partial charge in [-0.1, -0.05) is 23.9 Å². The third-order valence-corrected chi connectivity index (χ3v) is 3.99. The van der Waals surface area contributed by atoms with Crippen molar-refractivity contribution in [2.24, 2.45) is 0 Å². The van der Waals surface area contributed by atoms with Gasteiger partial charge in [-0.15, -0.1) is 0 Å². The third kappa shape index (κ3) is 3.83. The number of rotatable bonds is 4. The van der Waals surface area contributed by atoms with E-state index in [9.17, 15) is 4.79 Å². The number of nitriles is 1. The SMILES string of the molecule is Cc1ccc(C)c(Sc2ncccc2C(=O)OCC#N)c1. The second kappa shape index (κ2) is 6.91. The molecule has 5 heteroatoms. The van der Waals surface area contributed by atoms with Crippen LogP contribution in [0.15, 0.2) is 46.5 Å². The summed E-state index contributed by atoms with van der Waals surface area (Å²) >= 11 is 1.42. The molecule has 1 heterocycles. The molecule has 0 fully saturated rings. The molecule has 0 radical (unpaired) electrons. The standard InChI is InChI=1S/C16H14N2O2S/c1-11-5-6-12(2)14(10-11)21-15-13(4-3-8-18-15)16(19)20-9-7-17/h3-6,8,10H,9H2,1-2H3. The van der Waals surface area contributed by atoms with Gasteiger partial charge in [-0.05, 0) is 43.2 Å². The summed E-state index contributed by atoms with van der Waals surface area (Å²) in [7, 11) is 0. The predicted octanol–water partition coefficient (Wildman–Crippen LogP) is 3.53. The Balaban J connectivity index is 2.30. The van der Waals surface area contributed by atoms with Crippen molar-refractivity contribution in [3.8, 4) is 6.07 Å². The molecule has 21 heavy (non-hydrogen) atoms. The molecule has 1 aromatic carbocycles. The largest absolute Gasteiger partial charge is 0.447 e. The lowest BCUT2D eigenvalue weighted by atomic mass is 10.2. The van der Waals surface area contributed by atoms with Gasteiger partial charge in [0.1, 0.15) is 11.1 Å². The normalized spacial score (nSPS) is 9.95. The van der Waals surface area contributed by atoms with Gasteiger partial charge in [-0.3, -0.25) is 0 Å². The van der Waals surface area contributed by atoms with Gasteiger partial charge in [0.25, 0.3) is 0 Å². The average Bonchev–Trinajstić information content (AvgIpc) is 2.49. The van der Waals surface area contributed by atoms with Crippen molar-refractivity contribution in [1.82, 2.24) is 4.98 Å². The van der Waals surface area contributed by atoms with Crippen LogP contribution in [0.3, 0.4) is 0 Å². The maximum atomic E-state index is 11.9. The van der Waals surface area contributed by atoms with Gasteiger partial charge in [0.2, 0.25) is 0 Å². The maximum Gasteiger partial charge on any atom is 0.341 e. The molecule has 0 amide bonds. The number of carbonyl (C=O) groups is 1. The lowest BCUT2D eigenvalue weighted by Crippen LogP contribution is -2.07. The number of nitrogens with zero attached hydrogens (tertiary/aromatic N) is 2. The molecule has 0 aliphatic carbocycles. The van der Waals surface area contributed by atoms with Crippen LogP contribution in [0.5, 0.6) is 0 Å². The molecule has 0 spiro atoms. The lowest BCUT2D eigenvalue weighted by Gasteiger charge is -2.09. The topological polar surface area (TPSA) is 63.0 Å². The Hall–Kier alpha value is -2.32. The zero-order valence-corrected chi connectivity index (χ0v) is 12.6. The number of aromatic nitrogens is 1. The number of ether oxygens (including phenoxy) is 1. The van der Waals surface area contributed by atoms with E-state index in [1.165, 1.54) is 11.8 Å². The van der Waals surface area contributed by atoms with Crippen LogP contribution < -0.4 is 0 Å². The first-order valence-corrected chi connectivity index (χ1v) is 7.17. The Bertz CT molecular complexity index is 708. The van der Waals surface area contributed by atoms with Crippen molar-refractivity contribution in [2.75, 3.05) is 6.61 Å². The summed E-state index contributed by atoms with van der Waals surface area (Å²) in [6.07, 6.45) is 1.63. The van der Waals surface area contributed by atoms with Gasteiger partial charge in [0.05, 0.1) is 5.56 Å². The van der Waals surface area contributed by atoms with Gasteiger partial charge in [0.15, 0.2) is 6.61 Å². The van der Waals surface area contributed by atoms with Crippen LogP contribution in [0.1, 0.15) is 21.5 Å². The second-order valence-corrected chi connectivity index (χ2v) is 5.49. The molecule has 0 N–H and O–H groups in total. The van der Waals surface area contributed by atoms with Crippen molar-refractivity contribution in [3.63, 3.8) is 0 Å². The summed E-state index contributed by atoms with van der Waals surface area (Å²) < 4.78 is 4.86. The second-order valence-electron chi connectivity index (χ2n) is 4.46. The van der Waals surface area contributed by atoms with E-state index in [4.69, 9.17) is 10.00 Å². The van der Waals surface area contributed by atoms with Crippen LogP contribution in [0.4, 0.5) is 0 Å². The van der Waals surface area contributed by atoms with Crippen molar-refractivity contribution < 1.29 is 9.53 Å². The highest BCUT2D eigenvalue weighted by Crippen LogP contribution is 2.31. The number of hydrogen-bond donors (Lipinski definition) is 0. The minimum atomic E-state index is -0.530. The van der Waals surface area contributed by atoms with Gasteiger partial charge in [0, 0.05) is 11.1 Å². The van der Waals surface area contributed by atoms with E-state index in [-0.39, 0.29) is 6.61 Å². The number of aryl methyl sites for hydroxylation is 2. The van der Waals surface area contributed by atoms with Crippen LogP contribution in [0.25, 0.3) is 0 Å². The molecule has 0 unspecified atom stereocenters. The fraction of sp³-hybridized carbons (Fsp3) is 0.188. The first kappa shape index (κ1) is 15.1. The summed E-state index contributed by atoms with van der Waals surface area (Å²) in [5, 5.41) is 9.06. The summed E-state index contributed by atoms with van der Waals surface area (Å²) in [6.45, 7) is 3.77. The van der Waals surface area contributed by atoms with Crippen LogP contribution in [-0.4, -0.2) is 17.6 Å². The molecule has 0 bridgehead atoms. The monoisotopic (exact) mass is 298 g/mol. The Morgan fingerprint density at radius 3 is 2.95 bits per heavy atom. The molecule has 0 atom stereocenters. The molecule has 1 aromatic heterocycles. The number of hydrogen-bond acceptors (Lipinski definition) is 5. The molecular weight excluding hydrogens is 284 g/mol. The molecule has 0 aliphatic heterocycles. The summed E-state index contributed by atoms with van der Waals surface area (Å²) in [5.41, 5.74) is 2.64. The fourth-order valence-corrected chi connectivity index (χ4v) is 2.78. The highest BCUT2D eigenvalue weighted by molar-refractivity contribution is 7.99. The molecule has 4 nitrogen and oxygen atoms in total. The highest BCUT2D eigenvalue weighted by atomic mass is 32.2. The van der Waals surface area contributed by atoms with Gasteiger partial charge < -0.3 is 4.74 Å². The minimum Gasteiger partial charge on any atom is -0.447 e. The number of benzene rings is 1. The van der Waals surface area contributed by atoms with Crippen molar-refractivity contribution >= 4 is 17.7 Å². The third-order valence-electron chi connectivity index (χ3n) is 2.81. The van der Waals surface area contributed by atoms with E-state index in [1.807, 2.05) is 26.0 Å². The minimum absolute atomic E-state index is 0.263. The van der Waals surface area contributed by atoms with E-state index in [1.54, 1.807) is 24.4 Å². The molecule has 0 aliphatic rings. The first-order chi connectivity index (χ1) is 10.1. The van der Waals surface area contributed by atoms with Crippen molar-refractivity contribution in [3.05, 3.63) is 53.2 Å². The van der Waals surface area contributed by atoms with Crippen molar-refractivity contribution in [2.45, 2.75) is 23.8 Å². The summed E-state index contributed by atoms with van der Waals surface area (Å²) in [4.78, 5) is 17.2. The zero-order chi connectivity index (χ0) is 15.2. The molecule has 2 aromatic rings. The van der Waals surface area contributed by atoms with Crippen LogP contribution in [-0.2, 0) is 4.74 Å². The Kier molecular flexibility index (Phi) is 4.96. The van der Waals surface area contributed by atoms with E-state index in [0.29, 0.717) is 10.6 Å². The number of carbonyl (C=O) groups excluding carboxylic acids is 1. The van der Waals surface area contributed by atoms with E-state index < -0.39 is 5.97 Å². The Labute approximate surface area is 127 Å². The van der Waals surface area contributed by atoms with E-state index >= 15 is 0 Å². The van der Waals surface area contributed by atoms with Gasteiger partial charge >= 0.3 is 5.97 Å². The van der Waals surface area contributed by atoms with Crippen LogP contribution in [0.2, 0.25) is 0 Å². The molecular formula is C16H14N2O2S. The van der Waals surface area contributed by atoms with Crippen LogP contribution in [0, 0.1) is 25.2 Å². The number of pyridine rings is 1. The molecule has 2 rings (SSSR count). The first-order valence-electron chi connectivity index (χ1n) is 6.36. The molecule has 0 saturated carbocycles. The quantitative estimate of drug-likeness (QED) is 0.808. The fourth-order valence-electron chi connectivity index (χ4n) is 1.72. The van der Waals surface area contributed by atoms with Gasteiger partial charge in [-0.25, -0.2) is 9.78 Å². The predicted molar refractivity (Wildman–Crippen MR) is 80.2 cm³/mol. The van der Waals surface area contributed by atoms with Crippen molar-refractivity contribution in [1.29, 1.82) is 5.26 Å². The Morgan fingerprint density at radius 1 is 1.38 bits per heavy atom. The van der Waals surface area contributed by atoms with E-state index in [0.717, 1.165) is 16.0 Å². The maximum absolute atomic E-state index is 11.9. The molecule has 106 valence electrons. The smallest absolute Gasteiger partial charge is 0.341 e. The summed E-state index contributed by atoms with van der Waals surface area (Å²) in [5.74, 6) is -0.530. The molecule has 0 saturated heterocycles. The highest BCUT2D eigenvalue weighted by Gasteiger charge is 2.15. The number of esters is 1. The van der Waals surface area contributed by atoms with E-state index in [2.05, 4.69) is 11.1 Å². The van der Waals surface area contributed by atoms with Crippen LogP contribution >= 0.6 is 11.8 Å². The zero-order valence-electron chi connectivity index (χ0n) is 11.8. The van der Waals surface area contributed by atoms with Gasteiger partial charge in [-0.2, -0.15) is 5.26 Å². The lowest BCUT2D eigenvalue weighted by molar-refractivity contribution is 0.0550. The Morgan fingerprint density at radius 2 is 2.19 bits per heavy atom.